The maximum atomic E-state index is 6.37. The Hall–Kier alpha value is -1.06. The lowest BCUT2D eigenvalue weighted by molar-refractivity contribution is 0.132. The van der Waals surface area contributed by atoms with Crippen LogP contribution in [0.3, 0.4) is 0 Å². The van der Waals surface area contributed by atoms with Gasteiger partial charge in [0, 0.05) is 19.1 Å². The molecule has 3 atom stereocenters. The molecule has 0 saturated carbocycles. The SMILES string of the molecule is CC(C)Oc1ccc(C(N)CN2CCC(C)C(C)C2)cc1. The minimum Gasteiger partial charge on any atom is -0.491 e. The quantitative estimate of drug-likeness (QED) is 0.902. The molecule has 3 nitrogen and oxygen atoms in total. The first kappa shape index (κ1) is 16.3. The monoisotopic (exact) mass is 290 g/mol. The lowest BCUT2D eigenvalue weighted by atomic mass is 9.88. The molecule has 0 spiro atoms. The zero-order valence-corrected chi connectivity index (χ0v) is 13.9. The number of ether oxygens (including phenoxy) is 1. The Balaban J connectivity index is 1.89. The van der Waals surface area contributed by atoms with E-state index in [1.807, 2.05) is 26.0 Å². The minimum atomic E-state index is 0.0821. The summed E-state index contributed by atoms with van der Waals surface area (Å²) in [6, 6.07) is 8.32. The molecule has 118 valence electrons. The molecular weight excluding hydrogens is 260 g/mol. The van der Waals surface area contributed by atoms with Crippen molar-refractivity contribution in [2.75, 3.05) is 19.6 Å². The minimum absolute atomic E-state index is 0.0821. The molecule has 1 aliphatic rings. The van der Waals surface area contributed by atoms with E-state index in [4.69, 9.17) is 10.5 Å². The van der Waals surface area contributed by atoms with Crippen molar-refractivity contribution in [2.24, 2.45) is 17.6 Å². The summed E-state index contributed by atoms with van der Waals surface area (Å²) in [4.78, 5) is 2.51. The van der Waals surface area contributed by atoms with Gasteiger partial charge in [-0.2, -0.15) is 0 Å². The third kappa shape index (κ3) is 4.72. The molecule has 1 heterocycles. The lowest BCUT2D eigenvalue weighted by Gasteiger charge is -2.36. The molecule has 0 aliphatic carbocycles. The van der Waals surface area contributed by atoms with Crippen molar-refractivity contribution < 1.29 is 4.74 Å². The van der Waals surface area contributed by atoms with E-state index in [9.17, 15) is 0 Å². The van der Waals surface area contributed by atoms with Gasteiger partial charge in [-0.25, -0.2) is 0 Å². The van der Waals surface area contributed by atoms with Gasteiger partial charge in [0.05, 0.1) is 6.10 Å². The Labute approximate surface area is 129 Å². The van der Waals surface area contributed by atoms with E-state index in [0.717, 1.165) is 24.1 Å². The third-order valence-corrected chi connectivity index (χ3v) is 4.55. The number of hydrogen-bond acceptors (Lipinski definition) is 3. The summed E-state index contributed by atoms with van der Waals surface area (Å²) in [7, 11) is 0. The molecular formula is C18H30N2O. The lowest BCUT2D eigenvalue weighted by Crippen LogP contribution is -2.41. The zero-order valence-electron chi connectivity index (χ0n) is 13.9. The number of rotatable bonds is 5. The number of nitrogens with zero attached hydrogens (tertiary/aromatic N) is 1. The Morgan fingerprint density at radius 3 is 2.43 bits per heavy atom. The van der Waals surface area contributed by atoms with Gasteiger partial charge in [-0.3, -0.25) is 0 Å². The van der Waals surface area contributed by atoms with E-state index >= 15 is 0 Å². The van der Waals surface area contributed by atoms with Crippen LogP contribution in [0.15, 0.2) is 24.3 Å². The first-order chi connectivity index (χ1) is 9.95. The predicted octanol–water partition coefficient (Wildman–Crippen LogP) is 3.45. The fourth-order valence-corrected chi connectivity index (χ4v) is 2.96. The molecule has 1 saturated heterocycles. The van der Waals surface area contributed by atoms with Crippen LogP contribution < -0.4 is 10.5 Å². The molecule has 0 aromatic heterocycles. The summed E-state index contributed by atoms with van der Waals surface area (Å²) in [6.07, 6.45) is 1.50. The average molecular weight is 290 g/mol. The first-order valence-electron chi connectivity index (χ1n) is 8.20. The number of hydrogen-bond donors (Lipinski definition) is 1. The van der Waals surface area contributed by atoms with Crippen LogP contribution in [0.5, 0.6) is 5.75 Å². The second kappa shape index (κ2) is 7.28. The van der Waals surface area contributed by atoms with Gasteiger partial charge < -0.3 is 15.4 Å². The molecule has 21 heavy (non-hydrogen) atoms. The molecule has 2 rings (SSSR count). The van der Waals surface area contributed by atoms with Gasteiger partial charge >= 0.3 is 0 Å². The van der Waals surface area contributed by atoms with E-state index in [-0.39, 0.29) is 12.1 Å². The Kier molecular flexibility index (Phi) is 5.65. The summed E-state index contributed by atoms with van der Waals surface area (Å²) < 4.78 is 5.67. The maximum absolute atomic E-state index is 6.37. The molecule has 2 N–H and O–H groups in total. The van der Waals surface area contributed by atoms with Gasteiger partial charge in [0.25, 0.3) is 0 Å². The van der Waals surface area contributed by atoms with Gasteiger partial charge in [0.15, 0.2) is 0 Å². The van der Waals surface area contributed by atoms with Crippen LogP contribution >= 0.6 is 0 Å². The fraction of sp³-hybridized carbons (Fsp3) is 0.667. The molecule has 0 radical (unpaired) electrons. The van der Waals surface area contributed by atoms with E-state index < -0.39 is 0 Å². The van der Waals surface area contributed by atoms with Gasteiger partial charge in [-0.1, -0.05) is 26.0 Å². The van der Waals surface area contributed by atoms with E-state index in [1.165, 1.54) is 25.1 Å². The van der Waals surface area contributed by atoms with Crippen molar-refractivity contribution in [2.45, 2.75) is 46.3 Å². The molecule has 3 unspecified atom stereocenters. The number of piperidine rings is 1. The number of benzene rings is 1. The van der Waals surface area contributed by atoms with E-state index in [1.54, 1.807) is 0 Å². The fourth-order valence-electron chi connectivity index (χ4n) is 2.96. The van der Waals surface area contributed by atoms with Crippen LogP contribution in [0.1, 0.15) is 45.7 Å². The standard InChI is InChI=1S/C18H30N2O/c1-13(2)21-17-7-5-16(6-8-17)18(19)12-20-10-9-14(3)15(4)11-20/h5-8,13-15,18H,9-12,19H2,1-4H3. The van der Waals surface area contributed by atoms with E-state index in [2.05, 4.69) is 30.9 Å². The van der Waals surface area contributed by atoms with Crippen LogP contribution in [0.2, 0.25) is 0 Å². The highest BCUT2D eigenvalue weighted by molar-refractivity contribution is 5.29. The maximum Gasteiger partial charge on any atom is 0.119 e. The highest BCUT2D eigenvalue weighted by atomic mass is 16.5. The van der Waals surface area contributed by atoms with Crippen molar-refractivity contribution in [1.29, 1.82) is 0 Å². The second-order valence-electron chi connectivity index (χ2n) is 6.84. The normalized spacial score (nSPS) is 25.0. The van der Waals surface area contributed by atoms with Crippen LogP contribution in [0.4, 0.5) is 0 Å². The largest absolute Gasteiger partial charge is 0.491 e. The Morgan fingerprint density at radius 2 is 1.86 bits per heavy atom. The zero-order chi connectivity index (χ0) is 15.4. The second-order valence-corrected chi connectivity index (χ2v) is 6.84. The molecule has 1 aliphatic heterocycles. The van der Waals surface area contributed by atoms with Crippen molar-refractivity contribution in [3.8, 4) is 5.75 Å². The molecule has 1 aromatic rings. The highest BCUT2D eigenvalue weighted by Gasteiger charge is 2.23. The van der Waals surface area contributed by atoms with Crippen molar-refractivity contribution in [1.82, 2.24) is 4.90 Å². The smallest absolute Gasteiger partial charge is 0.119 e. The first-order valence-corrected chi connectivity index (χ1v) is 8.20. The highest BCUT2D eigenvalue weighted by Crippen LogP contribution is 2.24. The number of likely N-dealkylation sites (tertiary alicyclic amines) is 1. The van der Waals surface area contributed by atoms with Gasteiger partial charge in [-0.05, 0) is 56.3 Å². The molecule has 3 heteroatoms. The Morgan fingerprint density at radius 1 is 1.19 bits per heavy atom. The topological polar surface area (TPSA) is 38.5 Å². The molecule has 1 fully saturated rings. The third-order valence-electron chi connectivity index (χ3n) is 4.55. The van der Waals surface area contributed by atoms with Gasteiger partial charge in [0.1, 0.15) is 5.75 Å². The van der Waals surface area contributed by atoms with Crippen LogP contribution in [-0.2, 0) is 0 Å². The van der Waals surface area contributed by atoms with Crippen LogP contribution in [0, 0.1) is 11.8 Å². The molecule has 1 aromatic carbocycles. The van der Waals surface area contributed by atoms with Crippen molar-refractivity contribution in [3.63, 3.8) is 0 Å². The van der Waals surface area contributed by atoms with Crippen LogP contribution in [0.25, 0.3) is 0 Å². The summed E-state index contributed by atoms with van der Waals surface area (Å²) in [6.45, 7) is 12.1. The molecule has 0 bridgehead atoms. The van der Waals surface area contributed by atoms with Crippen molar-refractivity contribution >= 4 is 0 Å². The molecule has 0 amide bonds. The summed E-state index contributed by atoms with van der Waals surface area (Å²) >= 11 is 0. The summed E-state index contributed by atoms with van der Waals surface area (Å²) in [5, 5.41) is 0. The summed E-state index contributed by atoms with van der Waals surface area (Å²) in [5.41, 5.74) is 7.57. The van der Waals surface area contributed by atoms with Gasteiger partial charge in [-0.15, -0.1) is 0 Å². The van der Waals surface area contributed by atoms with E-state index in [0.29, 0.717) is 0 Å². The Bertz CT molecular complexity index is 429. The number of nitrogens with two attached hydrogens (primary N) is 1. The van der Waals surface area contributed by atoms with Crippen molar-refractivity contribution in [3.05, 3.63) is 29.8 Å². The average Bonchev–Trinajstić information content (AvgIpc) is 2.43. The van der Waals surface area contributed by atoms with Gasteiger partial charge in [0.2, 0.25) is 0 Å². The van der Waals surface area contributed by atoms with Crippen LogP contribution in [-0.4, -0.2) is 30.6 Å². The predicted molar refractivity (Wildman–Crippen MR) is 88.5 cm³/mol. The summed E-state index contributed by atoms with van der Waals surface area (Å²) in [5.74, 6) is 2.53.